The predicted molar refractivity (Wildman–Crippen MR) is 48.2 cm³/mol. The maximum Gasteiger partial charge on any atom is 0.0719 e. The van der Waals surface area contributed by atoms with Crippen molar-refractivity contribution in [2.45, 2.75) is 12.5 Å². The molecule has 1 fully saturated rings. The van der Waals surface area contributed by atoms with E-state index >= 15 is 0 Å². The molecule has 2 N–H and O–H groups in total. The molecule has 2 atom stereocenters. The van der Waals surface area contributed by atoms with Crippen molar-refractivity contribution in [1.82, 2.24) is 9.78 Å². The van der Waals surface area contributed by atoms with Crippen LogP contribution in [0.15, 0.2) is 12.4 Å². The van der Waals surface area contributed by atoms with E-state index in [9.17, 15) is 4.21 Å². The number of rotatable bonds is 1. The van der Waals surface area contributed by atoms with Gasteiger partial charge in [-0.15, -0.1) is 0 Å². The van der Waals surface area contributed by atoms with Gasteiger partial charge in [0.05, 0.1) is 17.9 Å². The van der Waals surface area contributed by atoms with Gasteiger partial charge in [0.1, 0.15) is 0 Å². The molecule has 66 valence electrons. The smallest absolute Gasteiger partial charge is 0.0719 e. The fraction of sp³-hybridized carbons (Fsp3) is 0.571. The van der Waals surface area contributed by atoms with Crippen molar-refractivity contribution in [1.29, 1.82) is 0 Å². The standard InChI is InChI=1S/C7H11N3OS/c8-6-3-9-10(4-6)7-1-2-12(11)5-7/h3-4,7H,1-2,5,8H2. The van der Waals surface area contributed by atoms with Crippen molar-refractivity contribution in [3.63, 3.8) is 0 Å². The zero-order valence-electron chi connectivity index (χ0n) is 6.64. The van der Waals surface area contributed by atoms with E-state index in [2.05, 4.69) is 5.10 Å². The van der Waals surface area contributed by atoms with Crippen LogP contribution < -0.4 is 5.73 Å². The average Bonchev–Trinajstić information content (AvgIpc) is 2.58. The monoisotopic (exact) mass is 185 g/mol. The topological polar surface area (TPSA) is 60.9 Å². The van der Waals surface area contributed by atoms with Crippen LogP contribution in [-0.4, -0.2) is 25.5 Å². The lowest BCUT2D eigenvalue weighted by Gasteiger charge is -2.06. The highest BCUT2D eigenvalue weighted by Gasteiger charge is 2.22. The summed E-state index contributed by atoms with van der Waals surface area (Å²) in [5, 5.41) is 4.09. The summed E-state index contributed by atoms with van der Waals surface area (Å²) in [6, 6.07) is 0.295. The summed E-state index contributed by atoms with van der Waals surface area (Å²) in [6.45, 7) is 0. The van der Waals surface area contributed by atoms with E-state index in [1.54, 1.807) is 12.4 Å². The Morgan fingerprint density at radius 1 is 1.75 bits per heavy atom. The lowest BCUT2D eigenvalue weighted by molar-refractivity contribution is 0.501. The van der Waals surface area contributed by atoms with Crippen LogP contribution in [0.3, 0.4) is 0 Å². The summed E-state index contributed by atoms with van der Waals surface area (Å²) in [6.07, 6.45) is 4.38. The molecule has 0 spiro atoms. The molecule has 5 heteroatoms. The molecular formula is C7H11N3OS. The van der Waals surface area contributed by atoms with Gasteiger partial charge in [-0.05, 0) is 6.42 Å². The first kappa shape index (κ1) is 7.79. The molecule has 1 aromatic heterocycles. The van der Waals surface area contributed by atoms with Gasteiger partial charge in [0.2, 0.25) is 0 Å². The van der Waals surface area contributed by atoms with Gasteiger partial charge >= 0.3 is 0 Å². The minimum Gasteiger partial charge on any atom is -0.396 e. The number of hydrogen-bond donors (Lipinski definition) is 1. The number of hydrogen-bond acceptors (Lipinski definition) is 3. The molecule has 1 aromatic rings. The molecule has 1 aliphatic rings. The van der Waals surface area contributed by atoms with Gasteiger partial charge in [-0.3, -0.25) is 8.89 Å². The Morgan fingerprint density at radius 2 is 2.58 bits per heavy atom. The molecule has 2 rings (SSSR count). The maximum atomic E-state index is 11.1. The molecule has 1 aliphatic heterocycles. The number of nitrogens with zero attached hydrogens (tertiary/aromatic N) is 2. The first-order valence-corrected chi connectivity index (χ1v) is 5.39. The lowest BCUT2D eigenvalue weighted by Crippen LogP contribution is -2.09. The highest BCUT2D eigenvalue weighted by Crippen LogP contribution is 2.20. The minimum atomic E-state index is -0.646. The average molecular weight is 185 g/mol. The first-order valence-electron chi connectivity index (χ1n) is 3.90. The third-order valence-electron chi connectivity index (χ3n) is 2.05. The van der Waals surface area contributed by atoms with E-state index in [4.69, 9.17) is 5.73 Å². The van der Waals surface area contributed by atoms with Crippen molar-refractivity contribution in [2.75, 3.05) is 17.2 Å². The first-order chi connectivity index (χ1) is 5.75. The Morgan fingerprint density at radius 3 is 3.08 bits per heavy atom. The van der Waals surface area contributed by atoms with Gasteiger partial charge in [0.25, 0.3) is 0 Å². The molecule has 0 bridgehead atoms. The Bertz CT molecular complexity index is 309. The number of nitrogen functional groups attached to an aromatic ring is 1. The van der Waals surface area contributed by atoms with Crippen molar-refractivity contribution in [3.8, 4) is 0 Å². The lowest BCUT2D eigenvalue weighted by atomic mass is 10.3. The largest absolute Gasteiger partial charge is 0.396 e. The summed E-state index contributed by atoms with van der Waals surface area (Å²) >= 11 is 0. The van der Waals surface area contributed by atoms with Gasteiger partial charge in [-0.2, -0.15) is 5.10 Å². The molecule has 2 heterocycles. The highest BCUT2D eigenvalue weighted by molar-refractivity contribution is 7.85. The second-order valence-corrected chi connectivity index (χ2v) is 4.63. The molecule has 0 amide bonds. The van der Waals surface area contributed by atoms with Crippen molar-refractivity contribution >= 4 is 16.5 Å². The van der Waals surface area contributed by atoms with Gasteiger partial charge in [0, 0.05) is 28.5 Å². The molecule has 0 aromatic carbocycles. The third-order valence-corrected chi connectivity index (χ3v) is 3.50. The van der Waals surface area contributed by atoms with Gasteiger partial charge < -0.3 is 5.73 Å². The zero-order valence-corrected chi connectivity index (χ0v) is 7.46. The summed E-state index contributed by atoms with van der Waals surface area (Å²) < 4.78 is 12.9. The minimum absolute atomic E-state index is 0.295. The van der Waals surface area contributed by atoms with Crippen molar-refractivity contribution in [2.24, 2.45) is 0 Å². The van der Waals surface area contributed by atoms with Crippen LogP contribution >= 0.6 is 0 Å². The van der Waals surface area contributed by atoms with Crippen LogP contribution in [-0.2, 0) is 10.8 Å². The van der Waals surface area contributed by atoms with Crippen molar-refractivity contribution < 1.29 is 4.21 Å². The van der Waals surface area contributed by atoms with E-state index in [1.807, 2.05) is 4.68 Å². The molecular weight excluding hydrogens is 174 g/mol. The zero-order chi connectivity index (χ0) is 8.55. The Kier molecular flexibility index (Phi) is 1.88. The summed E-state index contributed by atoms with van der Waals surface area (Å²) in [4.78, 5) is 0. The Labute approximate surface area is 73.2 Å². The molecule has 12 heavy (non-hydrogen) atoms. The van der Waals surface area contributed by atoms with Crippen LogP contribution in [0.2, 0.25) is 0 Å². The highest BCUT2D eigenvalue weighted by atomic mass is 32.2. The number of anilines is 1. The van der Waals surface area contributed by atoms with E-state index in [1.165, 1.54) is 0 Å². The normalized spacial score (nSPS) is 29.3. The molecule has 1 saturated heterocycles. The molecule has 0 aliphatic carbocycles. The summed E-state index contributed by atoms with van der Waals surface area (Å²) in [5.74, 6) is 1.52. The number of nitrogens with two attached hydrogens (primary N) is 1. The van der Waals surface area contributed by atoms with E-state index in [0.29, 0.717) is 11.7 Å². The second kappa shape index (κ2) is 2.90. The SMILES string of the molecule is Nc1cnn(C2CCS(=O)C2)c1. The van der Waals surface area contributed by atoms with Gasteiger partial charge in [-0.1, -0.05) is 0 Å². The summed E-state index contributed by atoms with van der Waals surface area (Å²) in [7, 11) is -0.646. The Hall–Kier alpha value is -0.840. The fourth-order valence-corrected chi connectivity index (χ4v) is 2.86. The third kappa shape index (κ3) is 1.36. The molecule has 0 saturated carbocycles. The van der Waals surface area contributed by atoms with Crippen LogP contribution in [0.25, 0.3) is 0 Å². The van der Waals surface area contributed by atoms with Crippen LogP contribution in [0.5, 0.6) is 0 Å². The Balaban J connectivity index is 2.15. The van der Waals surface area contributed by atoms with Crippen molar-refractivity contribution in [3.05, 3.63) is 12.4 Å². The quantitative estimate of drug-likeness (QED) is 0.678. The van der Waals surface area contributed by atoms with Crippen LogP contribution in [0, 0.1) is 0 Å². The fourth-order valence-electron chi connectivity index (χ4n) is 1.41. The van der Waals surface area contributed by atoms with Crippen LogP contribution in [0.4, 0.5) is 5.69 Å². The van der Waals surface area contributed by atoms with E-state index in [0.717, 1.165) is 17.9 Å². The van der Waals surface area contributed by atoms with E-state index < -0.39 is 10.8 Å². The number of aromatic nitrogens is 2. The maximum absolute atomic E-state index is 11.1. The second-order valence-electron chi connectivity index (χ2n) is 3.01. The molecule has 2 unspecified atom stereocenters. The van der Waals surface area contributed by atoms with Gasteiger partial charge in [-0.25, -0.2) is 0 Å². The van der Waals surface area contributed by atoms with Crippen LogP contribution in [0.1, 0.15) is 12.5 Å². The predicted octanol–water partition coefficient (Wildman–Crippen LogP) is 0.159. The van der Waals surface area contributed by atoms with E-state index in [-0.39, 0.29) is 0 Å². The van der Waals surface area contributed by atoms with Gasteiger partial charge in [0.15, 0.2) is 0 Å². The molecule has 0 radical (unpaired) electrons. The summed E-state index contributed by atoms with van der Waals surface area (Å²) in [5.41, 5.74) is 6.20. The molecule has 4 nitrogen and oxygen atoms in total.